The number of fused-ring (bicyclic) bond motifs is 1. The van der Waals surface area contributed by atoms with Crippen LogP contribution in [0.25, 0.3) is 0 Å². The average molecular weight is 383 g/mol. The number of carbonyl (C=O) groups excluding carboxylic acids is 3. The highest BCUT2D eigenvalue weighted by Crippen LogP contribution is 2.24. The first-order chi connectivity index (χ1) is 13.5. The van der Waals surface area contributed by atoms with E-state index in [1.165, 1.54) is 48.5 Å². The molecule has 3 rings (SSSR count). The van der Waals surface area contributed by atoms with E-state index in [0.717, 1.165) is 4.90 Å². The van der Waals surface area contributed by atoms with Gasteiger partial charge in [-0.15, -0.1) is 6.58 Å². The van der Waals surface area contributed by atoms with E-state index in [2.05, 4.69) is 6.58 Å². The highest BCUT2D eigenvalue weighted by molar-refractivity contribution is 6.22. The second-order valence-corrected chi connectivity index (χ2v) is 6.06. The molecule has 0 bridgehead atoms. The van der Waals surface area contributed by atoms with Crippen molar-refractivity contribution >= 4 is 17.8 Å². The van der Waals surface area contributed by atoms with Crippen LogP contribution in [0.4, 0.5) is 4.39 Å². The molecular formula is C21H18FNO5. The highest BCUT2D eigenvalue weighted by atomic mass is 19.1. The Morgan fingerprint density at radius 1 is 1.04 bits per heavy atom. The zero-order valence-corrected chi connectivity index (χ0v) is 15.0. The molecule has 0 saturated heterocycles. The Kier molecular flexibility index (Phi) is 5.84. The summed E-state index contributed by atoms with van der Waals surface area (Å²) in [6.45, 7) is 4.05. The number of rotatable bonds is 8. The molecule has 144 valence electrons. The van der Waals surface area contributed by atoms with Crippen molar-refractivity contribution in [2.45, 2.75) is 6.42 Å². The van der Waals surface area contributed by atoms with E-state index in [-0.39, 0.29) is 35.7 Å². The molecule has 0 fully saturated rings. The first kappa shape index (κ1) is 19.3. The van der Waals surface area contributed by atoms with Crippen molar-refractivity contribution in [2.24, 2.45) is 0 Å². The van der Waals surface area contributed by atoms with Gasteiger partial charge in [0.05, 0.1) is 29.9 Å². The third-order valence-corrected chi connectivity index (χ3v) is 4.12. The van der Waals surface area contributed by atoms with E-state index in [4.69, 9.17) is 9.47 Å². The number of hydrogen-bond donors (Lipinski definition) is 0. The van der Waals surface area contributed by atoms with Gasteiger partial charge in [-0.2, -0.15) is 0 Å². The van der Waals surface area contributed by atoms with Crippen molar-refractivity contribution in [3.8, 4) is 5.75 Å². The molecule has 2 aromatic rings. The number of imide groups is 1. The zero-order valence-electron chi connectivity index (χ0n) is 15.0. The van der Waals surface area contributed by atoms with Crippen molar-refractivity contribution in [2.75, 3.05) is 19.8 Å². The Morgan fingerprint density at radius 2 is 1.75 bits per heavy atom. The summed E-state index contributed by atoms with van der Waals surface area (Å²) in [5.41, 5.74) is 0.636. The predicted octanol–water partition coefficient (Wildman–Crippen LogP) is 3.23. The quantitative estimate of drug-likeness (QED) is 0.303. The van der Waals surface area contributed by atoms with Gasteiger partial charge in [0.15, 0.2) is 0 Å². The minimum absolute atomic E-state index is 0.111. The van der Waals surface area contributed by atoms with Crippen LogP contribution in [0.5, 0.6) is 5.75 Å². The summed E-state index contributed by atoms with van der Waals surface area (Å²) < 4.78 is 23.4. The SMILES string of the molecule is C=CCN1C(=O)c2ccc(C(=O)OCCCOc3ccc(F)cc3)cc2C1=O. The van der Waals surface area contributed by atoms with Crippen LogP contribution in [0.2, 0.25) is 0 Å². The van der Waals surface area contributed by atoms with Gasteiger partial charge in [-0.25, -0.2) is 9.18 Å². The van der Waals surface area contributed by atoms with Gasteiger partial charge in [0.2, 0.25) is 0 Å². The Morgan fingerprint density at radius 3 is 2.46 bits per heavy atom. The topological polar surface area (TPSA) is 72.9 Å². The van der Waals surface area contributed by atoms with E-state index in [9.17, 15) is 18.8 Å². The maximum atomic E-state index is 12.8. The van der Waals surface area contributed by atoms with Crippen LogP contribution < -0.4 is 4.74 Å². The Labute approximate surface area is 161 Å². The van der Waals surface area contributed by atoms with Gasteiger partial charge in [-0.3, -0.25) is 14.5 Å². The van der Waals surface area contributed by atoms with Crippen molar-refractivity contribution in [1.82, 2.24) is 4.90 Å². The van der Waals surface area contributed by atoms with Crippen LogP contribution in [-0.2, 0) is 4.74 Å². The first-order valence-corrected chi connectivity index (χ1v) is 8.68. The van der Waals surface area contributed by atoms with Gasteiger partial charge in [0, 0.05) is 13.0 Å². The van der Waals surface area contributed by atoms with E-state index < -0.39 is 17.8 Å². The fourth-order valence-corrected chi connectivity index (χ4v) is 2.74. The fourth-order valence-electron chi connectivity index (χ4n) is 2.74. The number of esters is 1. The second-order valence-electron chi connectivity index (χ2n) is 6.06. The van der Waals surface area contributed by atoms with Gasteiger partial charge in [0.25, 0.3) is 11.8 Å². The van der Waals surface area contributed by atoms with Crippen molar-refractivity contribution in [3.63, 3.8) is 0 Å². The van der Waals surface area contributed by atoms with Crippen LogP contribution in [0.1, 0.15) is 37.5 Å². The summed E-state index contributed by atoms with van der Waals surface area (Å²) in [5.74, 6) is -1.27. The summed E-state index contributed by atoms with van der Waals surface area (Å²) in [6.07, 6.45) is 1.91. The van der Waals surface area contributed by atoms with Gasteiger partial charge < -0.3 is 9.47 Å². The normalized spacial score (nSPS) is 12.7. The molecule has 0 aliphatic carbocycles. The second kappa shape index (κ2) is 8.47. The molecule has 1 aliphatic heterocycles. The molecule has 1 aliphatic rings. The molecule has 2 aromatic carbocycles. The molecule has 0 atom stereocenters. The number of benzene rings is 2. The van der Waals surface area contributed by atoms with Gasteiger partial charge in [-0.05, 0) is 42.5 Å². The standard InChI is InChI=1S/C21H18FNO5/c1-2-10-23-19(24)17-9-4-14(13-18(17)20(23)25)21(26)28-12-3-11-27-16-7-5-15(22)6-8-16/h2,4-9,13H,1,3,10-12H2. The number of hydrogen-bond acceptors (Lipinski definition) is 5. The molecule has 0 unspecified atom stereocenters. The molecule has 0 radical (unpaired) electrons. The van der Waals surface area contributed by atoms with E-state index >= 15 is 0 Å². The van der Waals surface area contributed by atoms with E-state index in [0.29, 0.717) is 18.8 Å². The van der Waals surface area contributed by atoms with Gasteiger partial charge >= 0.3 is 5.97 Å². The lowest BCUT2D eigenvalue weighted by atomic mass is 10.1. The van der Waals surface area contributed by atoms with Crippen molar-refractivity contribution in [3.05, 3.63) is 77.6 Å². The lowest BCUT2D eigenvalue weighted by molar-refractivity contribution is 0.0485. The molecule has 2 amide bonds. The molecule has 28 heavy (non-hydrogen) atoms. The summed E-state index contributed by atoms with van der Waals surface area (Å²) in [5, 5.41) is 0. The molecule has 0 saturated carbocycles. The number of halogens is 1. The number of carbonyl (C=O) groups is 3. The minimum Gasteiger partial charge on any atom is -0.493 e. The van der Waals surface area contributed by atoms with Crippen LogP contribution in [0.15, 0.2) is 55.1 Å². The Hall–Kier alpha value is -3.48. The monoisotopic (exact) mass is 383 g/mol. The first-order valence-electron chi connectivity index (χ1n) is 8.68. The smallest absolute Gasteiger partial charge is 0.338 e. The van der Waals surface area contributed by atoms with Crippen LogP contribution >= 0.6 is 0 Å². The van der Waals surface area contributed by atoms with E-state index in [1.54, 1.807) is 0 Å². The third-order valence-electron chi connectivity index (χ3n) is 4.12. The number of amides is 2. The predicted molar refractivity (Wildman–Crippen MR) is 98.8 cm³/mol. The van der Waals surface area contributed by atoms with Crippen molar-refractivity contribution < 1.29 is 28.2 Å². The molecule has 0 N–H and O–H groups in total. The Balaban J connectivity index is 1.52. The maximum Gasteiger partial charge on any atom is 0.338 e. The highest BCUT2D eigenvalue weighted by Gasteiger charge is 2.35. The lowest BCUT2D eigenvalue weighted by Crippen LogP contribution is -2.29. The van der Waals surface area contributed by atoms with Crippen molar-refractivity contribution in [1.29, 1.82) is 0 Å². The van der Waals surface area contributed by atoms with Gasteiger partial charge in [-0.1, -0.05) is 6.08 Å². The molecule has 1 heterocycles. The minimum atomic E-state index is -0.591. The summed E-state index contributed by atoms with van der Waals surface area (Å²) in [6, 6.07) is 9.90. The summed E-state index contributed by atoms with van der Waals surface area (Å²) >= 11 is 0. The van der Waals surface area contributed by atoms with Crippen LogP contribution in [0.3, 0.4) is 0 Å². The molecule has 6 nitrogen and oxygen atoms in total. The van der Waals surface area contributed by atoms with Crippen LogP contribution in [0, 0.1) is 5.82 Å². The zero-order chi connectivity index (χ0) is 20.1. The fraction of sp³-hybridized carbons (Fsp3) is 0.190. The third kappa shape index (κ3) is 4.09. The largest absolute Gasteiger partial charge is 0.493 e. The van der Waals surface area contributed by atoms with Crippen LogP contribution in [-0.4, -0.2) is 42.4 Å². The summed E-state index contributed by atoms with van der Waals surface area (Å²) in [4.78, 5) is 37.7. The maximum absolute atomic E-state index is 12.8. The molecule has 0 spiro atoms. The molecule has 0 aromatic heterocycles. The Bertz CT molecular complexity index is 923. The number of nitrogens with zero attached hydrogens (tertiary/aromatic N) is 1. The van der Waals surface area contributed by atoms with Gasteiger partial charge in [0.1, 0.15) is 11.6 Å². The van der Waals surface area contributed by atoms with E-state index in [1.807, 2.05) is 0 Å². The molecule has 7 heteroatoms. The average Bonchev–Trinajstić information content (AvgIpc) is 2.94. The lowest BCUT2D eigenvalue weighted by Gasteiger charge is -2.09. The summed E-state index contributed by atoms with van der Waals surface area (Å²) in [7, 11) is 0. The number of ether oxygens (including phenoxy) is 2. The molecular weight excluding hydrogens is 365 g/mol.